The Bertz CT molecular complexity index is 169. The van der Waals surface area contributed by atoms with Crippen LogP contribution in [0.4, 0.5) is 0 Å². The lowest BCUT2D eigenvalue weighted by molar-refractivity contribution is -0.144. The van der Waals surface area contributed by atoms with Crippen LogP contribution in [0.5, 0.6) is 0 Å². The Morgan fingerprint density at radius 1 is 1.36 bits per heavy atom. The van der Waals surface area contributed by atoms with Crippen LogP contribution in [0, 0.1) is 11.8 Å². The first kappa shape index (κ1) is 13.4. The standard InChI is InChI=1S/C11H23NO2/c1-4-5-6-7-9(12)10(8(2)3)11(13)14/h8-10H,4-7,12H2,1-3H3,(H,13,14). The van der Waals surface area contributed by atoms with Crippen LogP contribution < -0.4 is 5.73 Å². The van der Waals surface area contributed by atoms with E-state index < -0.39 is 11.9 Å². The Morgan fingerprint density at radius 2 is 1.93 bits per heavy atom. The third-order valence-electron chi connectivity index (χ3n) is 2.61. The molecule has 0 aromatic carbocycles. The lowest BCUT2D eigenvalue weighted by atomic mass is 9.86. The first-order valence-corrected chi connectivity index (χ1v) is 5.49. The van der Waals surface area contributed by atoms with Gasteiger partial charge in [-0.25, -0.2) is 0 Å². The molecule has 0 rings (SSSR count). The molecule has 3 nitrogen and oxygen atoms in total. The van der Waals surface area contributed by atoms with E-state index in [1.165, 1.54) is 0 Å². The van der Waals surface area contributed by atoms with E-state index in [0.29, 0.717) is 0 Å². The van der Waals surface area contributed by atoms with Crippen LogP contribution in [0.3, 0.4) is 0 Å². The van der Waals surface area contributed by atoms with E-state index >= 15 is 0 Å². The summed E-state index contributed by atoms with van der Waals surface area (Å²) in [6.07, 6.45) is 4.14. The highest BCUT2D eigenvalue weighted by atomic mass is 16.4. The highest BCUT2D eigenvalue weighted by molar-refractivity contribution is 5.71. The predicted molar refractivity (Wildman–Crippen MR) is 58.1 cm³/mol. The quantitative estimate of drug-likeness (QED) is 0.621. The first-order chi connectivity index (χ1) is 6.50. The fourth-order valence-corrected chi connectivity index (χ4v) is 1.77. The number of carbonyl (C=O) groups is 1. The number of hydrogen-bond acceptors (Lipinski definition) is 2. The van der Waals surface area contributed by atoms with Crippen molar-refractivity contribution < 1.29 is 9.90 Å². The third-order valence-corrected chi connectivity index (χ3v) is 2.61. The Labute approximate surface area is 86.7 Å². The highest BCUT2D eigenvalue weighted by Gasteiger charge is 2.27. The second kappa shape index (κ2) is 6.82. The summed E-state index contributed by atoms with van der Waals surface area (Å²) in [5.74, 6) is -1.04. The zero-order chi connectivity index (χ0) is 11.1. The Balaban J connectivity index is 4.02. The first-order valence-electron chi connectivity index (χ1n) is 5.49. The smallest absolute Gasteiger partial charge is 0.308 e. The van der Waals surface area contributed by atoms with E-state index in [-0.39, 0.29) is 12.0 Å². The minimum absolute atomic E-state index is 0.115. The highest BCUT2D eigenvalue weighted by Crippen LogP contribution is 2.18. The monoisotopic (exact) mass is 201 g/mol. The lowest BCUT2D eigenvalue weighted by Crippen LogP contribution is -2.38. The van der Waals surface area contributed by atoms with Crippen molar-refractivity contribution >= 4 is 5.97 Å². The predicted octanol–water partition coefficient (Wildman–Crippen LogP) is 2.25. The molecule has 0 aliphatic heterocycles. The average Bonchev–Trinajstić information content (AvgIpc) is 2.03. The van der Waals surface area contributed by atoms with Gasteiger partial charge < -0.3 is 10.8 Å². The van der Waals surface area contributed by atoms with Gasteiger partial charge in [-0.2, -0.15) is 0 Å². The van der Waals surface area contributed by atoms with E-state index in [1.807, 2.05) is 13.8 Å². The van der Waals surface area contributed by atoms with Gasteiger partial charge in [-0.3, -0.25) is 4.79 Å². The van der Waals surface area contributed by atoms with Gasteiger partial charge in [-0.1, -0.05) is 40.0 Å². The SMILES string of the molecule is CCCCCC(N)C(C(=O)O)C(C)C. The van der Waals surface area contributed by atoms with E-state index in [2.05, 4.69) is 6.92 Å². The van der Waals surface area contributed by atoms with Gasteiger partial charge in [0.25, 0.3) is 0 Å². The normalized spacial score (nSPS) is 15.5. The zero-order valence-electron chi connectivity index (χ0n) is 9.49. The zero-order valence-corrected chi connectivity index (χ0v) is 9.49. The summed E-state index contributed by atoms with van der Waals surface area (Å²) < 4.78 is 0. The second-order valence-corrected chi connectivity index (χ2v) is 4.27. The maximum absolute atomic E-state index is 10.9. The van der Waals surface area contributed by atoms with Crippen molar-refractivity contribution in [1.82, 2.24) is 0 Å². The molecular formula is C11H23NO2. The lowest BCUT2D eigenvalue weighted by Gasteiger charge is -2.23. The van der Waals surface area contributed by atoms with Crippen LogP contribution in [0.25, 0.3) is 0 Å². The number of aliphatic carboxylic acids is 1. The summed E-state index contributed by atoms with van der Waals surface area (Å²) in [7, 11) is 0. The van der Waals surface area contributed by atoms with Crippen molar-refractivity contribution in [3.63, 3.8) is 0 Å². The van der Waals surface area contributed by atoms with Crippen LogP contribution in [0.15, 0.2) is 0 Å². The van der Waals surface area contributed by atoms with Gasteiger partial charge >= 0.3 is 5.97 Å². The topological polar surface area (TPSA) is 63.3 Å². The van der Waals surface area contributed by atoms with Gasteiger partial charge in [-0.15, -0.1) is 0 Å². The third kappa shape index (κ3) is 4.61. The van der Waals surface area contributed by atoms with Crippen molar-refractivity contribution in [2.75, 3.05) is 0 Å². The summed E-state index contributed by atoms with van der Waals surface area (Å²) in [6, 6.07) is -0.195. The van der Waals surface area contributed by atoms with E-state index in [4.69, 9.17) is 10.8 Å². The Morgan fingerprint density at radius 3 is 2.29 bits per heavy atom. The summed E-state index contributed by atoms with van der Waals surface area (Å²) in [5, 5.41) is 8.99. The molecule has 0 saturated carbocycles. The molecule has 0 aliphatic carbocycles. The number of unbranched alkanes of at least 4 members (excludes halogenated alkanes) is 2. The van der Waals surface area contributed by atoms with Crippen molar-refractivity contribution in [1.29, 1.82) is 0 Å². The summed E-state index contributed by atoms with van der Waals surface area (Å²) in [6.45, 7) is 5.96. The fraction of sp³-hybridized carbons (Fsp3) is 0.909. The molecule has 14 heavy (non-hydrogen) atoms. The van der Waals surface area contributed by atoms with Crippen LogP contribution in [0.1, 0.15) is 46.5 Å². The molecule has 0 fully saturated rings. The maximum atomic E-state index is 10.9. The number of rotatable bonds is 7. The molecule has 3 heteroatoms. The minimum Gasteiger partial charge on any atom is -0.481 e. The molecule has 0 spiro atoms. The largest absolute Gasteiger partial charge is 0.481 e. The molecule has 3 N–H and O–H groups in total. The van der Waals surface area contributed by atoms with E-state index in [1.54, 1.807) is 0 Å². The molecule has 0 amide bonds. The molecule has 84 valence electrons. The van der Waals surface area contributed by atoms with Crippen molar-refractivity contribution in [2.45, 2.75) is 52.5 Å². The van der Waals surface area contributed by atoms with Gasteiger partial charge in [0, 0.05) is 6.04 Å². The van der Waals surface area contributed by atoms with Gasteiger partial charge in [0.2, 0.25) is 0 Å². The van der Waals surface area contributed by atoms with E-state index in [9.17, 15) is 4.79 Å². The number of carboxylic acids is 1. The van der Waals surface area contributed by atoms with Crippen molar-refractivity contribution in [3.8, 4) is 0 Å². The number of nitrogens with two attached hydrogens (primary N) is 1. The second-order valence-electron chi connectivity index (χ2n) is 4.27. The summed E-state index contributed by atoms with van der Waals surface area (Å²) in [5.41, 5.74) is 5.88. The summed E-state index contributed by atoms with van der Waals surface area (Å²) in [4.78, 5) is 10.9. The molecule has 0 aromatic heterocycles. The molecule has 0 saturated heterocycles. The van der Waals surface area contributed by atoms with Crippen LogP contribution in [0.2, 0.25) is 0 Å². The Kier molecular flexibility index (Phi) is 6.54. The molecule has 0 heterocycles. The Hall–Kier alpha value is -0.570. The fourth-order valence-electron chi connectivity index (χ4n) is 1.77. The molecule has 0 radical (unpaired) electrons. The average molecular weight is 201 g/mol. The van der Waals surface area contributed by atoms with Crippen LogP contribution >= 0.6 is 0 Å². The van der Waals surface area contributed by atoms with Gasteiger partial charge in [0.15, 0.2) is 0 Å². The molecule has 0 aliphatic rings. The minimum atomic E-state index is -0.760. The van der Waals surface area contributed by atoms with Crippen molar-refractivity contribution in [2.24, 2.45) is 17.6 Å². The van der Waals surface area contributed by atoms with Crippen LogP contribution in [-0.4, -0.2) is 17.1 Å². The molecule has 2 unspecified atom stereocenters. The van der Waals surface area contributed by atoms with Crippen molar-refractivity contribution in [3.05, 3.63) is 0 Å². The molecule has 2 atom stereocenters. The summed E-state index contributed by atoms with van der Waals surface area (Å²) >= 11 is 0. The molecule has 0 bridgehead atoms. The molecular weight excluding hydrogens is 178 g/mol. The number of carboxylic acid groups (broad SMARTS) is 1. The molecule has 0 aromatic rings. The number of hydrogen-bond donors (Lipinski definition) is 2. The van der Waals surface area contributed by atoms with Crippen LogP contribution in [-0.2, 0) is 4.79 Å². The maximum Gasteiger partial charge on any atom is 0.308 e. The van der Waals surface area contributed by atoms with Gasteiger partial charge in [0.05, 0.1) is 5.92 Å². The van der Waals surface area contributed by atoms with E-state index in [0.717, 1.165) is 25.7 Å². The van der Waals surface area contributed by atoms with Gasteiger partial charge in [0.1, 0.15) is 0 Å². The van der Waals surface area contributed by atoms with Gasteiger partial charge in [-0.05, 0) is 12.3 Å².